The number of carbonyl (C=O) groups excluding carboxylic acids is 1. The molecule has 1 aromatic heterocycles. The topological polar surface area (TPSA) is 73.2 Å². The molecule has 2 aromatic carbocycles. The number of nitrogens with one attached hydrogen (secondary N) is 1. The molecule has 0 saturated carbocycles. The molecule has 1 heterocycles. The van der Waals surface area contributed by atoms with E-state index >= 15 is 0 Å². The zero-order valence-corrected chi connectivity index (χ0v) is 15.0. The molecular formula is C19H15ClFN3O3. The lowest BCUT2D eigenvalue weighted by atomic mass is 10.3. The van der Waals surface area contributed by atoms with Crippen LogP contribution in [0, 0.1) is 5.82 Å². The lowest BCUT2D eigenvalue weighted by Crippen LogP contribution is -2.31. The third-order valence-electron chi connectivity index (χ3n) is 3.61. The first kappa shape index (κ1) is 18.6. The fourth-order valence-corrected chi connectivity index (χ4v) is 2.46. The fourth-order valence-electron chi connectivity index (χ4n) is 2.27. The van der Waals surface area contributed by atoms with Gasteiger partial charge in [-0.25, -0.2) is 4.39 Å². The number of ether oxygens (including phenoxy) is 1. The molecular weight excluding hydrogens is 373 g/mol. The van der Waals surface area contributed by atoms with E-state index in [1.54, 1.807) is 31.2 Å². The van der Waals surface area contributed by atoms with E-state index in [0.717, 1.165) is 4.68 Å². The van der Waals surface area contributed by atoms with Crippen molar-refractivity contribution in [3.05, 3.63) is 81.9 Å². The first-order valence-electron chi connectivity index (χ1n) is 8.02. The first-order chi connectivity index (χ1) is 12.9. The molecule has 0 radical (unpaired) electrons. The van der Waals surface area contributed by atoms with Crippen LogP contribution in [0.15, 0.2) is 65.5 Å². The third-order valence-corrected chi connectivity index (χ3v) is 3.84. The Bertz CT molecular complexity index is 1020. The highest BCUT2D eigenvalue weighted by molar-refractivity contribution is 6.30. The second-order valence-corrected chi connectivity index (χ2v) is 6.09. The summed E-state index contributed by atoms with van der Waals surface area (Å²) in [6.07, 6.45) is -0.879. The van der Waals surface area contributed by atoms with Crippen molar-refractivity contribution in [3.63, 3.8) is 0 Å². The molecule has 3 aromatic rings. The van der Waals surface area contributed by atoms with E-state index in [1.807, 2.05) is 0 Å². The van der Waals surface area contributed by atoms with Gasteiger partial charge in [0, 0.05) is 22.8 Å². The molecule has 27 heavy (non-hydrogen) atoms. The zero-order valence-electron chi connectivity index (χ0n) is 14.2. The predicted molar refractivity (Wildman–Crippen MR) is 100.0 cm³/mol. The molecule has 0 spiro atoms. The Morgan fingerprint density at radius 2 is 1.93 bits per heavy atom. The Labute approximate surface area is 159 Å². The van der Waals surface area contributed by atoms with Gasteiger partial charge in [0.05, 0.1) is 5.69 Å². The Morgan fingerprint density at radius 3 is 2.63 bits per heavy atom. The summed E-state index contributed by atoms with van der Waals surface area (Å²) in [5.74, 6) is -0.753. The molecule has 8 heteroatoms. The number of rotatable bonds is 5. The van der Waals surface area contributed by atoms with Gasteiger partial charge >= 0.3 is 0 Å². The number of carbonyl (C=O) groups is 1. The van der Waals surface area contributed by atoms with Gasteiger partial charge in [0.2, 0.25) is 5.88 Å². The molecule has 0 unspecified atom stereocenters. The van der Waals surface area contributed by atoms with Crippen molar-refractivity contribution in [1.82, 2.24) is 9.78 Å². The van der Waals surface area contributed by atoms with Gasteiger partial charge in [0.1, 0.15) is 5.82 Å². The standard InChI is InChI=1S/C19H15ClFN3O3/c1-12(19(26)22-15-4-2-3-13(20)11-15)27-17-9-10-18(25)24(23-17)16-7-5-14(21)6-8-16/h2-12H,1H3,(H,22,26)/t12-/m1/s1. The van der Waals surface area contributed by atoms with Crippen LogP contribution in [0.2, 0.25) is 5.02 Å². The van der Waals surface area contributed by atoms with Gasteiger partial charge in [-0.2, -0.15) is 4.68 Å². The second kappa shape index (κ2) is 8.01. The highest BCUT2D eigenvalue weighted by Gasteiger charge is 2.16. The maximum Gasteiger partial charge on any atom is 0.271 e. The molecule has 0 aliphatic carbocycles. The van der Waals surface area contributed by atoms with Crippen LogP contribution in [0.25, 0.3) is 5.69 Å². The van der Waals surface area contributed by atoms with Gasteiger partial charge in [-0.1, -0.05) is 17.7 Å². The summed E-state index contributed by atoms with van der Waals surface area (Å²) in [6.45, 7) is 1.55. The normalized spacial score (nSPS) is 11.7. The number of hydrogen-bond acceptors (Lipinski definition) is 4. The fraction of sp³-hybridized carbons (Fsp3) is 0.105. The maximum atomic E-state index is 13.1. The molecule has 1 atom stereocenters. The summed E-state index contributed by atoms with van der Waals surface area (Å²) in [4.78, 5) is 24.3. The molecule has 0 bridgehead atoms. The molecule has 0 aliphatic heterocycles. The smallest absolute Gasteiger partial charge is 0.271 e. The van der Waals surface area contributed by atoms with Crippen LogP contribution in [0.3, 0.4) is 0 Å². The van der Waals surface area contributed by atoms with E-state index in [2.05, 4.69) is 10.4 Å². The van der Waals surface area contributed by atoms with Crippen LogP contribution < -0.4 is 15.6 Å². The van der Waals surface area contributed by atoms with Crippen molar-refractivity contribution >= 4 is 23.2 Å². The molecule has 138 valence electrons. The van der Waals surface area contributed by atoms with E-state index in [1.165, 1.54) is 36.4 Å². The van der Waals surface area contributed by atoms with Crippen molar-refractivity contribution < 1.29 is 13.9 Å². The monoisotopic (exact) mass is 387 g/mol. The summed E-state index contributed by atoms with van der Waals surface area (Å²) in [5.41, 5.74) is 0.500. The van der Waals surface area contributed by atoms with E-state index in [-0.39, 0.29) is 5.88 Å². The number of amides is 1. The summed E-state index contributed by atoms with van der Waals surface area (Å²) in [7, 11) is 0. The van der Waals surface area contributed by atoms with E-state index in [4.69, 9.17) is 16.3 Å². The Morgan fingerprint density at radius 1 is 1.19 bits per heavy atom. The average molecular weight is 388 g/mol. The molecule has 0 saturated heterocycles. The lowest BCUT2D eigenvalue weighted by Gasteiger charge is -2.15. The van der Waals surface area contributed by atoms with Crippen LogP contribution >= 0.6 is 11.6 Å². The van der Waals surface area contributed by atoms with E-state index < -0.39 is 23.4 Å². The minimum atomic E-state index is -0.879. The van der Waals surface area contributed by atoms with Gasteiger partial charge in [0.25, 0.3) is 11.5 Å². The third kappa shape index (κ3) is 4.71. The Hall–Kier alpha value is -3.19. The number of halogens is 2. The number of hydrogen-bond donors (Lipinski definition) is 1. The quantitative estimate of drug-likeness (QED) is 0.728. The van der Waals surface area contributed by atoms with Crippen LogP contribution in [-0.2, 0) is 4.79 Å². The van der Waals surface area contributed by atoms with Crippen molar-refractivity contribution in [3.8, 4) is 11.6 Å². The summed E-state index contributed by atoms with van der Waals surface area (Å²) < 4.78 is 19.7. The Balaban J connectivity index is 1.75. The van der Waals surface area contributed by atoms with E-state index in [9.17, 15) is 14.0 Å². The number of nitrogens with zero attached hydrogens (tertiary/aromatic N) is 2. The average Bonchev–Trinajstić information content (AvgIpc) is 2.64. The highest BCUT2D eigenvalue weighted by atomic mass is 35.5. The molecule has 3 rings (SSSR count). The number of benzene rings is 2. The van der Waals surface area contributed by atoms with Gasteiger partial charge < -0.3 is 10.1 Å². The van der Waals surface area contributed by atoms with Crippen molar-refractivity contribution in [1.29, 1.82) is 0 Å². The van der Waals surface area contributed by atoms with E-state index in [0.29, 0.717) is 16.4 Å². The molecule has 0 aliphatic rings. The van der Waals surface area contributed by atoms with Crippen LogP contribution in [-0.4, -0.2) is 21.8 Å². The number of aromatic nitrogens is 2. The van der Waals surface area contributed by atoms with Gasteiger partial charge in [-0.15, -0.1) is 5.10 Å². The maximum absolute atomic E-state index is 13.1. The van der Waals surface area contributed by atoms with Gasteiger partial charge in [0.15, 0.2) is 6.10 Å². The predicted octanol–water partition coefficient (Wildman–Crippen LogP) is 3.43. The molecule has 1 N–H and O–H groups in total. The highest BCUT2D eigenvalue weighted by Crippen LogP contribution is 2.16. The van der Waals surface area contributed by atoms with Crippen molar-refractivity contribution in [2.75, 3.05) is 5.32 Å². The number of anilines is 1. The minimum Gasteiger partial charge on any atom is -0.463 e. The minimum absolute atomic E-state index is 0.0765. The first-order valence-corrected chi connectivity index (χ1v) is 8.39. The van der Waals surface area contributed by atoms with Gasteiger partial charge in [-0.05, 0) is 49.4 Å². The second-order valence-electron chi connectivity index (χ2n) is 5.66. The summed E-state index contributed by atoms with van der Waals surface area (Å²) >= 11 is 5.89. The zero-order chi connectivity index (χ0) is 19.4. The molecule has 0 fully saturated rings. The van der Waals surface area contributed by atoms with Crippen LogP contribution in [0.1, 0.15) is 6.92 Å². The summed E-state index contributed by atoms with van der Waals surface area (Å²) in [5, 5.41) is 7.25. The SMILES string of the molecule is C[C@@H](Oc1ccc(=O)n(-c2ccc(F)cc2)n1)C(=O)Nc1cccc(Cl)c1. The Kier molecular flexibility index (Phi) is 5.52. The van der Waals surface area contributed by atoms with Crippen LogP contribution in [0.4, 0.5) is 10.1 Å². The van der Waals surface area contributed by atoms with Crippen molar-refractivity contribution in [2.45, 2.75) is 13.0 Å². The molecule has 1 amide bonds. The lowest BCUT2D eigenvalue weighted by molar-refractivity contribution is -0.122. The largest absolute Gasteiger partial charge is 0.463 e. The van der Waals surface area contributed by atoms with Crippen LogP contribution in [0.5, 0.6) is 5.88 Å². The molecule has 6 nitrogen and oxygen atoms in total. The van der Waals surface area contributed by atoms with Crippen molar-refractivity contribution in [2.24, 2.45) is 0 Å². The van der Waals surface area contributed by atoms with Gasteiger partial charge in [-0.3, -0.25) is 9.59 Å². The summed E-state index contributed by atoms with van der Waals surface area (Å²) in [6, 6.07) is 14.6.